The minimum atomic E-state index is 0.0500. The summed E-state index contributed by atoms with van der Waals surface area (Å²) in [5, 5.41) is 9.49. The maximum Gasteiger partial charge on any atom is 0.254 e. The number of aromatic hydroxyl groups is 1. The molecule has 0 aliphatic heterocycles. The summed E-state index contributed by atoms with van der Waals surface area (Å²) in [4.78, 5) is 14.3. The molecule has 0 heterocycles. The van der Waals surface area contributed by atoms with Gasteiger partial charge in [0.05, 0.1) is 0 Å². The molecule has 0 spiro atoms. The molecule has 2 rings (SSSR count). The molecule has 1 aliphatic rings. The first-order chi connectivity index (χ1) is 8.63. The number of phenols is 1. The standard InChI is InChI=1S/C14H20N2O2/c1-10-9-11(3-6-13(10)17)14(18)16(8-2-7-15)12-4-5-12/h3,6,9,12,17H,2,4-5,7-8,15H2,1H3. The summed E-state index contributed by atoms with van der Waals surface area (Å²) in [6.07, 6.45) is 3.01. The van der Waals surface area contributed by atoms with Crippen molar-refractivity contribution in [1.29, 1.82) is 0 Å². The van der Waals surface area contributed by atoms with Crippen molar-refractivity contribution in [3.8, 4) is 5.75 Å². The fourth-order valence-electron chi connectivity index (χ4n) is 2.05. The second-order valence-corrected chi connectivity index (χ2v) is 4.87. The zero-order valence-corrected chi connectivity index (χ0v) is 10.7. The molecule has 4 nitrogen and oxygen atoms in total. The first kappa shape index (κ1) is 12.9. The Morgan fingerprint density at radius 3 is 2.78 bits per heavy atom. The molecule has 1 aromatic carbocycles. The van der Waals surface area contributed by atoms with Crippen molar-refractivity contribution < 1.29 is 9.90 Å². The van der Waals surface area contributed by atoms with E-state index < -0.39 is 0 Å². The number of phenolic OH excluding ortho intramolecular Hbond substituents is 1. The van der Waals surface area contributed by atoms with Crippen LogP contribution in [0.2, 0.25) is 0 Å². The van der Waals surface area contributed by atoms with E-state index in [-0.39, 0.29) is 11.7 Å². The van der Waals surface area contributed by atoms with Gasteiger partial charge >= 0.3 is 0 Å². The van der Waals surface area contributed by atoms with Gasteiger partial charge in [-0.2, -0.15) is 0 Å². The number of carbonyl (C=O) groups is 1. The van der Waals surface area contributed by atoms with Crippen molar-refractivity contribution >= 4 is 5.91 Å². The number of hydrogen-bond donors (Lipinski definition) is 2. The SMILES string of the molecule is Cc1cc(C(=O)N(CCCN)C2CC2)ccc1O. The van der Waals surface area contributed by atoms with Gasteiger partial charge in [-0.05, 0) is 56.5 Å². The summed E-state index contributed by atoms with van der Waals surface area (Å²) in [6.45, 7) is 3.12. The van der Waals surface area contributed by atoms with Crippen molar-refractivity contribution in [2.75, 3.05) is 13.1 Å². The van der Waals surface area contributed by atoms with E-state index in [0.717, 1.165) is 31.4 Å². The Bertz CT molecular complexity index is 441. The van der Waals surface area contributed by atoms with Crippen molar-refractivity contribution in [3.05, 3.63) is 29.3 Å². The van der Waals surface area contributed by atoms with Crippen LogP contribution in [0.1, 0.15) is 35.2 Å². The Labute approximate surface area is 107 Å². The lowest BCUT2D eigenvalue weighted by molar-refractivity contribution is 0.0742. The number of hydrogen-bond acceptors (Lipinski definition) is 3. The molecular weight excluding hydrogens is 228 g/mol. The predicted octanol–water partition coefficient (Wildman–Crippen LogP) is 1.65. The molecule has 1 fully saturated rings. The second-order valence-electron chi connectivity index (χ2n) is 4.87. The number of benzene rings is 1. The molecule has 0 unspecified atom stereocenters. The minimum absolute atomic E-state index is 0.0500. The zero-order chi connectivity index (χ0) is 13.1. The maximum atomic E-state index is 12.4. The van der Waals surface area contributed by atoms with Crippen LogP contribution < -0.4 is 5.73 Å². The molecule has 1 aromatic rings. The van der Waals surface area contributed by atoms with Gasteiger partial charge in [0.1, 0.15) is 5.75 Å². The number of rotatable bonds is 5. The van der Waals surface area contributed by atoms with Gasteiger partial charge < -0.3 is 15.7 Å². The van der Waals surface area contributed by atoms with E-state index in [9.17, 15) is 9.90 Å². The Kier molecular flexibility index (Phi) is 3.87. The maximum absolute atomic E-state index is 12.4. The van der Waals surface area contributed by atoms with Crippen molar-refractivity contribution in [3.63, 3.8) is 0 Å². The van der Waals surface area contributed by atoms with Gasteiger partial charge in [0.15, 0.2) is 0 Å². The van der Waals surface area contributed by atoms with E-state index in [1.54, 1.807) is 25.1 Å². The van der Waals surface area contributed by atoms with Crippen LogP contribution in [0.5, 0.6) is 5.75 Å². The van der Waals surface area contributed by atoms with Crippen molar-refractivity contribution in [2.45, 2.75) is 32.2 Å². The molecule has 0 atom stereocenters. The van der Waals surface area contributed by atoms with Crippen LogP contribution in [0.15, 0.2) is 18.2 Å². The molecule has 3 N–H and O–H groups in total. The summed E-state index contributed by atoms with van der Waals surface area (Å²) in [7, 11) is 0. The minimum Gasteiger partial charge on any atom is -0.508 e. The van der Waals surface area contributed by atoms with Crippen molar-refractivity contribution in [1.82, 2.24) is 4.90 Å². The fourth-order valence-corrected chi connectivity index (χ4v) is 2.05. The van der Waals surface area contributed by atoms with Crippen LogP contribution >= 0.6 is 0 Å². The van der Waals surface area contributed by atoms with E-state index in [0.29, 0.717) is 18.2 Å². The number of nitrogens with zero attached hydrogens (tertiary/aromatic N) is 1. The first-order valence-corrected chi connectivity index (χ1v) is 6.44. The van der Waals surface area contributed by atoms with E-state index in [2.05, 4.69) is 0 Å². The Hall–Kier alpha value is -1.55. The molecule has 1 amide bonds. The number of nitrogens with two attached hydrogens (primary N) is 1. The molecule has 4 heteroatoms. The van der Waals surface area contributed by atoms with Crippen LogP contribution in [-0.2, 0) is 0 Å². The third kappa shape index (κ3) is 2.82. The zero-order valence-electron chi connectivity index (χ0n) is 10.7. The molecule has 1 saturated carbocycles. The molecule has 18 heavy (non-hydrogen) atoms. The second kappa shape index (κ2) is 5.40. The molecule has 98 valence electrons. The number of aryl methyl sites for hydroxylation is 1. The summed E-state index contributed by atoms with van der Waals surface area (Å²) >= 11 is 0. The average molecular weight is 248 g/mol. The largest absolute Gasteiger partial charge is 0.508 e. The van der Waals surface area contributed by atoms with Gasteiger partial charge in [0.25, 0.3) is 5.91 Å². The predicted molar refractivity (Wildman–Crippen MR) is 70.6 cm³/mol. The summed E-state index contributed by atoms with van der Waals surface area (Å²) in [5.41, 5.74) is 6.89. The molecule has 1 aliphatic carbocycles. The van der Waals surface area contributed by atoms with Crippen LogP contribution in [0.4, 0.5) is 0 Å². The van der Waals surface area contributed by atoms with Crippen LogP contribution in [0.3, 0.4) is 0 Å². The summed E-state index contributed by atoms with van der Waals surface area (Å²) < 4.78 is 0. The third-order valence-corrected chi connectivity index (χ3v) is 3.30. The fraction of sp³-hybridized carbons (Fsp3) is 0.500. The normalized spacial score (nSPS) is 14.6. The summed E-state index contributed by atoms with van der Waals surface area (Å²) in [5.74, 6) is 0.278. The Balaban J connectivity index is 2.13. The lowest BCUT2D eigenvalue weighted by atomic mass is 10.1. The van der Waals surface area contributed by atoms with Crippen LogP contribution in [-0.4, -0.2) is 35.0 Å². The highest BCUT2D eigenvalue weighted by atomic mass is 16.3. The van der Waals surface area contributed by atoms with Gasteiger partial charge in [-0.25, -0.2) is 0 Å². The molecular formula is C14H20N2O2. The van der Waals surface area contributed by atoms with E-state index in [1.165, 1.54) is 0 Å². The lowest BCUT2D eigenvalue weighted by Gasteiger charge is -2.22. The molecule has 0 radical (unpaired) electrons. The van der Waals surface area contributed by atoms with Gasteiger partial charge in [-0.15, -0.1) is 0 Å². The average Bonchev–Trinajstić information content (AvgIpc) is 3.17. The highest BCUT2D eigenvalue weighted by Crippen LogP contribution is 2.29. The molecule has 0 bridgehead atoms. The Morgan fingerprint density at radius 1 is 1.50 bits per heavy atom. The molecule has 0 saturated heterocycles. The van der Waals surface area contributed by atoms with Gasteiger partial charge in [-0.3, -0.25) is 4.79 Å². The van der Waals surface area contributed by atoms with E-state index in [1.807, 2.05) is 4.90 Å². The first-order valence-electron chi connectivity index (χ1n) is 6.44. The van der Waals surface area contributed by atoms with E-state index >= 15 is 0 Å². The highest BCUT2D eigenvalue weighted by molar-refractivity contribution is 5.95. The highest BCUT2D eigenvalue weighted by Gasteiger charge is 2.32. The Morgan fingerprint density at radius 2 is 2.22 bits per heavy atom. The number of amides is 1. The van der Waals surface area contributed by atoms with Gasteiger partial charge in [-0.1, -0.05) is 0 Å². The third-order valence-electron chi connectivity index (χ3n) is 3.30. The van der Waals surface area contributed by atoms with Crippen LogP contribution in [0, 0.1) is 6.92 Å². The van der Waals surface area contributed by atoms with Crippen LogP contribution in [0.25, 0.3) is 0 Å². The quantitative estimate of drug-likeness (QED) is 0.832. The number of carbonyl (C=O) groups excluding carboxylic acids is 1. The van der Waals surface area contributed by atoms with Gasteiger partial charge in [0.2, 0.25) is 0 Å². The molecule has 0 aromatic heterocycles. The topological polar surface area (TPSA) is 66.6 Å². The van der Waals surface area contributed by atoms with Gasteiger partial charge in [0, 0.05) is 18.2 Å². The lowest BCUT2D eigenvalue weighted by Crippen LogP contribution is -2.34. The summed E-state index contributed by atoms with van der Waals surface area (Å²) in [6, 6.07) is 5.40. The van der Waals surface area contributed by atoms with Crippen molar-refractivity contribution in [2.24, 2.45) is 5.73 Å². The monoisotopic (exact) mass is 248 g/mol. The van der Waals surface area contributed by atoms with E-state index in [4.69, 9.17) is 5.73 Å². The smallest absolute Gasteiger partial charge is 0.254 e.